The smallest absolute Gasteiger partial charge is 0.356 e. The number of aromatic nitrogens is 1. The summed E-state index contributed by atoms with van der Waals surface area (Å²) in [7, 11) is 0. The van der Waals surface area contributed by atoms with Crippen LogP contribution in [0, 0.1) is 0 Å². The van der Waals surface area contributed by atoms with Gasteiger partial charge in [-0.1, -0.05) is 121 Å². The Kier molecular flexibility index (Phi) is 9.74. The summed E-state index contributed by atoms with van der Waals surface area (Å²) >= 11 is 4.71. The van der Waals surface area contributed by atoms with Gasteiger partial charge in [0.2, 0.25) is 5.91 Å². The van der Waals surface area contributed by atoms with E-state index in [-0.39, 0.29) is 23.9 Å². The molecule has 0 spiro atoms. The van der Waals surface area contributed by atoms with Crippen molar-refractivity contribution in [3.8, 4) is 0 Å². The molecule has 0 saturated carbocycles. The van der Waals surface area contributed by atoms with Crippen LogP contribution in [0.1, 0.15) is 27.7 Å². The van der Waals surface area contributed by atoms with E-state index in [1.807, 2.05) is 128 Å². The zero-order valence-corrected chi connectivity index (χ0v) is 28.2. The lowest BCUT2D eigenvalue weighted by atomic mass is 9.99. The summed E-state index contributed by atoms with van der Waals surface area (Å²) in [5.41, 5.74) is 3.56. The van der Waals surface area contributed by atoms with Gasteiger partial charge in [-0.15, -0.1) is 23.1 Å². The van der Waals surface area contributed by atoms with Gasteiger partial charge in [0.05, 0.1) is 6.42 Å². The highest BCUT2D eigenvalue weighted by molar-refractivity contribution is 8.01. The SMILES string of the molecule is O=C(Cc1ccccc1)NC1C(=O)N2C(C(=O)OC(c3ccccc3)c3ccccc3)=C(Cc3cnc(Sc4ccccc4)s3)CSC12. The van der Waals surface area contributed by atoms with Crippen LogP contribution in [0.25, 0.3) is 0 Å². The highest BCUT2D eigenvalue weighted by Crippen LogP contribution is 2.43. The lowest BCUT2D eigenvalue weighted by Crippen LogP contribution is -2.70. The minimum Gasteiger partial charge on any atom is -0.448 e. The Balaban J connectivity index is 1.17. The number of amides is 2. The Morgan fingerprint density at radius 2 is 1.48 bits per heavy atom. The van der Waals surface area contributed by atoms with Gasteiger partial charge in [-0.2, -0.15) is 0 Å². The third-order valence-electron chi connectivity index (χ3n) is 8.06. The van der Waals surface area contributed by atoms with Gasteiger partial charge in [-0.05, 0) is 34.4 Å². The number of esters is 1. The summed E-state index contributed by atoms with van der Waals surface area (Å²) < 4.78 is 7.21. The normalized spacial score (nSPS) is 17.1. The number of thioether (sulfide) groups is 1. The number of carbonyl (C=O) groups excluding carboxylic acids is 3. The fraction of sp³-hybridized carbons (Fsp3) is 0.158. The number of rotatable bonds is 11. The number of ether oxygens (including phenoxy) is 1. The molecule has 240 valence electrons. The molecule has 10 heteroatoms. The van der Waals surface area contributed by atoms with E-state index in [0.717, 1.165) is 36.4 Å². The number of β-lactam (4-membered cyclic amide) rings is 1. The number of benzene rings is 4. The molecule has 1 N–H and O–H groups in total. The number of nitrogens with one attached hydrogen (secondary N) is 1. The van der Waals surface area contributed by atoms with Crippen molar-refractivity contribution in [2.24, 2.45) is 0 Å². The fourth-order valence-electron chi connectivity index (χ4n) is 5.78. The van der Waals surface area contributed by atoms with Gasteiger partial charge in [0.25, 0.3) is 5.91 Å². The lowest BCUT2D eigenvalue weighted by molar-refractivity contribution is -0.154. The molecular formula is C38H31N3O4S3. The highest BCUT2D eigenvalue weighted by Gasteiger charge is 2.54. The second-order valence-corrected chi connectivity index (χ2v) is 14.9. The molecule has 7 nitrogen and oxygen atoms in total. The van der Waals surface area contributed by atoms with Gasteiger partial charge in [0.1, 0.15) is 17.1 Å². The van der Waals surface area contributed by atoms with Crippen molar-refractivity contribution in [3.05, 3.63) is 160 Å². The van der Waals surface area contributed by atoms with Crippen molar-refractivity contribution in [1.82, 2.24) is 15.2 Å². The number of fused-ring (bicyclic) bond motifs is 1. The number of hydrogen-bond acceptors (Lipinski definition) is 8. The molecule has 4 aromatic carbocycles. The molecule has 2 amide bonds. The van der Waals surface area contributed by atoms with Gasteiger partial charge >= 0.3 is 5.97 Å². The van der Waals surface area contributed by atoms with Crippen molar-refractivity contribution in [3.63, 3.8) is 0 Å². The van der Waals surface area contributed by atoms with E-state index < -0.39 is 23.5 Å². The van der Waals surface area contributed by atoms with Gasteiger partial charge in [0, 0.05) is 28.1 Å². The Hall–Kier alpha value is -4.64. The maximum Gasteiger partial charge on any atom is 0.356 e. The molecule has 0 aliphatic carbocycles. The van der Waals surface area contributed by atoms with Crippen LogP contribution in [0.3, 0.4) is 0 Å². The standard InChI is InChI=1S/C38H31N3O4S3/c42-31(21-25-13-5-1-6-14-25)40-32-35(43)41-33(37(44)45-34(26-15-7-2-8-16-26)27-17-9-3-10-18-27)28(24-46-36(32)41)22-30-23-39-38(48-30)47-29-19-11-4-12-20-29/h1-20,23,32,34,36H,21-22,24H2,(H,40,42). The minimum atomic E-state index is -0.730. The van der Waals surface area contributed by atoms with Crippen LogP contribution in [-0.4, -0.2) is 44.8 Å². The van der Waals surface area contributed by atoms with Crippen LogP contribution >= 0.6 is 34.9 Å². The topological polar surface area (TPSA) is 88.6 Å². The van der Waals surface area contributed by atoms with Gasteiger partial charge < -0.3 is 10.1 Å². The Labute approximate surface area is 291 Å². The predicted octanol–water partition coefficient (Wildman–Crippen LogP) is 7.07. The van der Waals surface area contributed by atoms with Crippen LogP contribution in [0.5, 0.6) is 0 Å². The Morgan fingerprint density at radius 1 is 0.875 bits per heavy atom. The van der Waals surface area contributed by atoms with Crippen molar-refractivity contribution < 1.29 is 19.1 Å². The number of hydrogen-bond donors (Lipinski definition) is 1. The first-order valence-electron chi connectivity index (χ1n) is 15.5. The molecule has 0 radical (unpaired) electrons. The van der Waals surface area contributed by atoms with E-state index in [9.17, 15) is 14.4 Å². The maximum absolute atomic E-state index is 14.3. The van der Waals surface area contributed by atoms with Crippen LogP contribution < -0.4 is 5.32 Å². The summed E-state index contributed by atoms with van der Waals surface area (Å²) in [5, 5.41) is 2.50. The number of carbonyl (C=O) groups is 3. The van der Waals surface area contributed by atoms with E-state index in [2.05, 4.69) is 10.3 Å². The molecule has 2 unspecified atom stereocenters. The molecule has 7 rings (SSSR count). The summed E-state index contributed by atoms with van der Waals surface area (Å²) in [6.07, 6.45) is 1.79. The molecular weight excluding hydrogens is 659 g/mol. The quantitative estimate of drug-likeness (QED) is 0.117. The molecule has 1 fully saturated rings. The van der Waals surface area contributed by atoms with E-state index in [1.54, 1.807) is 34.9 Å². The van der Waals surface area contributed by atoms with E-state index in [4.69, 9.17) is 4.74 Å². The van der Waals surface area contributed by atoms with Crippen LogP contribution in [0.15, 0.2) is 148 Å². The first kappa shape index (κ1) is 31.9. The molecule has 3 heterocycles. The lowest BCUT2D eigenvalue weighted by Gasteiger charge is -2.50. The third kappa shape index (κ3) is 7.11. The maximum atomic E-state index is 14.3. The highest BCUT2D eigenvalue weighted by atomic mass is 32.2. The summed E-state index contributed by atoms with van der Waals surface area (Å²) in [6.45, 7) is 0. The molecule has 2 aliphatic rings. The predicted molar refractivity (Wildman–Crippen MR) is 189 cm³/mol. The molecule has 1 aromatic heterocycles. The molecule has 48 heavy (non-hydrogen) atoms. The molecule has 0 bridgehead atoms. The van der Waals surface area contributed by atoms with Crippen LogP contribution in [0.4, 0.5) is 0 Å². The van der Waals surface area contributed by atoms with Crippen LogP contribution in [-0.2, 0) is 32.0 Å². The molecule has 2 atom stereocenters. The first-order chi connectivity index (χ1) is 23.5. The first-order valence-corrected chi connectivity index (χ1v) is 18.2. The van der Waals surface area contributed by atoms with Crippen molar-refractivity contribution >= 4 is 52.6 Å². The number of thiazole rings is 1. The Bertz CT molecular complexity index is 1900. The number of nitrogens with zero attached hydrogens (tertiary/aromatic N) is 2. The molecule has 1 saturated heterocycles. The summed E-state index contributed by atoms with van der Waals surface area (Å²) in [6, 6.07) is 37.9. The monoisotopic (exact) mass is 689 g/mol. The minimum absolute atomic E-state index is 0.169. The molecule has 2 aliphatic heterocycles. The van der Waals surface area contributed by atoms with Gasteiger partial charge in [0.15, 0.2) is 10.4 Å². The van der Waals surface area contributed by atoms with E-state index in [1.165, 1.54) is 4.90 Å². The van der Waals surface area contributed by atoms with Crippen molar-refractivity contribution in [2.45, 2.75) is 39.6 Å². The van der Waals surface area contributed by atoms with Crippen molar-refractivity contribution in [2.75, 3.05) is 5.75 Å². The van der Waals surface area contributed by atoms with Crippen molar-refractivity contribution in [1.29, 1.82) is 0 Å². The largest absolute Gasteiger partial charge is 0.448 e. The van der Waals surface area contributed by atoms with Gasteiger partial charge in [-0.3, -0.25) is 14.5 Å². The van der Waals surface area contributed by atoms with E-state index >= 15 is 0 Å². The van der Waals surface area contributed by atoms with E-state index in [0.29, 0.717) is 12.2 Å². The zero-order chi connectivity index (χ0) is 32.9. The fourth-order valence-corrected chi connectivity index (χ4v) is 9.18. The summed E-state index contributed by atoms with van der Waals surface area (Å²) in [5.74, 6) is -0.623. The third-order valence-corrected chi connectivity index (χ3v) is 11.5. The zero-order valence-electron chi connectivity index (χ0n) is 25.7. The average molecular weight is 690 g/mol. The second kappa shape index (κ2) is 14.6. The average Bonchev–Trinajstić information content (AvgIpc) is 3.57. The molecule has 5 aromatic rings. The summed E-state index contributed by atoms with van der Waals surface area (Å²) in [4.78, 5) is 49.3. The van der Waals surface area contributed by atoms with Gasteiger partial charge in [-0.25, -0.2) is 9.78 Å². The Morgan fingerprint density at radius 3 is 2.12 bits per heavy atom. The second-order valence-electron chi connectivity index (χ2n) is 11.4. The van der Waals surface area contributed by atoms with Crippen LogP contribution in [0.2, 0.25) is 0 Å².